The summed E-state index contributed by atoms with van der Waals surface area (Å²) >= 11 is 0. The summed E-state index contributed by atoms with van der Waals surface area (Å²) in [6, 6.07) is 23.7. The van der Waals surface area contributed by atoms with Crippen LogP contribution < -0.4 is 0 Å². The molecule has 0 radical (unpaired) electrons. The number of ether oxygens (including phenoxy) is 2. The predicted molar refractivity (Wildman–Crippen MR) is 118 cm³/mol. The van der Waals surface area contributed by atoms with Crippen LogP contribution in [0.15, 0.2) is 84.9 Å². The molecule has 3 aromatic carbocycles. The molecule has 3 aromatic rings. The molecular weight excluding hydrogens is 388 g/mol. The van der Waals surface area contributed by atoms with Crippen molar-refractivity contribution < 1.29 is 19.1 Å². The monoisotopic (exact) mass is 412 g/mol. The van der Waals surface area contributed by atoms with E-state index in [0.717, 1.165) is 28.3 Å². The molecule has 5 rings (SSSR count). The minimum absolute atomic E-state index is 0.0448. The highest BCUT2D eigenvalue weighted by molar-refractivity contribution is 5.85. The van der Waals surface area contributed by atoms with Crippen LogP contribution in [0.1, 0.15) is 17.5 Å². The molecule has 4 nitrogen and oxygen atoms in total. The second-order valence-electron chi connectivity index (χ2n) is 8.38. The average Bonchev–Trinajstić information content (AvgIpc) is 3.43. The Morgan fingerprint density at radius 3 is 1.94 bits per heavy atom. The quantitative estimate of drug-likeness (QED) is 0.419. The van der Waals surface area contributed by atoms with E-state index in [1.54, 1.807) is 0 Å². The summed E-state index contributed by atoms with van der Waals surface area (Å²) in [6.07, 6.45) is 4.90. The van der Waals surface area contributed by atoms with Gasteiger partial charge < -0.3 is 9.47 Å². The summed E-state index contributed by atoms with van der Waals surface area (Å²) in [5.74, 6) is -1.48. The Morgan fingerprint density at radius 1 is 0.677 bits per heavy atom. The number of carbonyl (C=O) groups excluding carboxylic acids is 2. The van der Waals surface area contributed by atoms with Crippen molar-refractivity contribution in [1.82, 2.24) is 0 Å². The molecule has 0 aliphatic heterocycles. The summed E-state index contributed by atoms with van der Waals surface area (Å²) in [5, 5.41) is 2.26. The summed E-state index contributed by atoms with van der Waals surface area (Å²) in [7, 11) is 0. The van der Waals surface area contributed by atoms with E-state index < -0.39 is 11.8 Å². The van der Waals surface area contributed by atoms with E-state index in [1.807, 2.05) is 78.9 Å². The average molecular weight is 412 g/mol. The molecule has 31 heavy (non-hydrogen) atoms. The van der Waals surface area contributed by atoms with Crippen molar-refractivity contribution in [1.29, 1.82) is 0 Å². The van der Waals surface area contributed by atoms with Crippen LogP contribution in [0.25, 0.3) is 10.8 Å². The third-order valence-corrected chi connectivity index (χ3v) is 6.42. The van der Waals surface area contributed by atoms with Crippen molar-refractivity contribution in [2.45, 2.75) is 19.6 Å². The number of esters is 2. The van der Waals surface area contributed by atoms with Gasteiger partial charge >= 0.3 is 11.9 Å². The van der Waals surface area contributed by atoms with Crippen LogP contribution in [0.5, 0.6) is 0 Å². The van der Waals surface area contributed by atoms with Crippen molar-refractivity contribution in [2.75, 3.05) is 0 Å². The van der Waals surface area contributed by atoms with E-state index in [4.69, 9.17) is 9.47 Å². The molecule has 2 aliphatic carbocycles. The highest BCUT2D eigenvalue weighted by Crippen LogP contribution is 2.49. The van der Waals surface area contributed by atoms with Gasteiger partial charge in [-0.1, -0.05) is 78.9 Å². The van der Waals surface area contributed by atoms with Crippen molar-refractivity contribution in [3.05, 3.63) is 96.1 Å². The van der Waals surface area contributed by atoms with Gasteiger partial charge in [0.15, 0.2) is 0 Å². The van der Waals surface area contributed by atoms with Crippen LogP contribution in [0.3, 0.4) is 0 Å². The number of hydrogen-bond donors (Lipinski definition) is 0. The predicted octanol–water partition coefficient (Wildman–Crippen LogP) is 5.06. The smallest absolute Gasteiger partial charge is 0.310 e. The molecular formula is C27H24O4. The lowest BCUT2D eigenvalue weighted by atomic mass is 9.83. The normalized spacial score (nSPS) is 23.7. The Bertz CT molecular complexity index is 1130. The van der Waals surface area contributed by atoms with Crippen LogP contribution in [-0.2, 0) is 32.3 Å². The summed E-state index contributed by atoms with van der Waals surface area (Å²) in [4.78, 5) is 25.9. The lowest BCUT2D eigenvalue weighted by molar-refractivity contribution is -0.162. The molecule has 0 aromatic heterocycles. The lowest BCUT2D eigenvalue weighted by Gasteiger charge is -2.25. The number of hydrogen-bond acceptors (Lipinski definition) is 4. The molecule has 1 fully saturated rings. The van der Waals surface area contributed by atoms with Crippen LogP contribution in [0.4, 0.5) is 0 Å². The second-order valence-corrected chi connectivity index (χ2v) is 8.38. The van der Waals surface area contributed by atoms with Gasteiger partial charge in [0, 0.05) is 0 Å². The van der Waals surface area contributed by atoms with Crippen LogP contribution in [-0.4, -0.2) is 11.9 Å². The van der Waals surface area contributed by atoms with E-state index in [0.29, 0.717) is 0 Å². The number of fused-ring (bicyclic) bond motifs is 3. The summed E-state index contributed by atoms with van der Waals surface area (Å²) in [6.45, 7) is 0.420. The van der Waals surface area contributed by atoms with E-state index >= 15 is 0 Å². The molecule has 0 N–H and O–H groups in total. The molecule has 156 valence electrons. The Hall–Kier alpha value is -3.40. The van der Waals surface area contributed by atoms with Crippen LogP contribution in [0.2, 0.25) is 0 Å². The van der Waals surface area contributed by atoms with Crippen LogP contribution in [0, 0.1) is 23.7 Å². The first kappa shape index (κ1) is 19.6. The van der Waals surface area contributed by atoms with Crippen molar-refractivity contribution in [3.63, 3.8) is 0 Å². The lowest BCUT2D eigenvalue weighted by Crippen LogP contribution is -2.35. The maximum Gasteiger partial charge on any atom is 0.310 e. The van der Waals surface area contributed by atoms with Gasteiger partial charge in [0.2, 0.25) is 0 Å². The van der Waals surface area contributed by atoms with Gasteiger partial charge in [0.05, 0.1) is 11.8 Å². The molecule has 0 heterocycles. The number of rotatable bonds is 6. The Morgan fingerprint density at radius 2 is 1.26 bits per heavy atom. The largest absolute Gasteiger partial charge is 0.461 e. The molecule has 4 unspecified atom stereocenters. The Balaban J connectivity index is 1.25. The van der Waals surface area contributed by atoms with Crippen molar-refractivity contribution in [3.8, 4) is 0 Å². The topological polar surface area (TPSA) is 52.6 Å². The van der Waals surface area contributed by atoms with E-state index in [9.17, 15) is 9.59 Å². The number of benzene rings is 3. The fourth-order valence-electron chi connectivity index (χ4n) is 4.87. The van der Waals surface area contributed by atoms with Gasteiger partial charge in [-0.25, -0.2) is 0 Å². The zero-order chi connectivity index (χ0) is 21.2. The van der Waals surface area contributed by atoms with E-state index in [2.05, 4.69) is 6.07 Å². The van der Waals surface area contributed by atoms with Gasteiger partial charge in [0.1, 0.15) is 13.2 Å². The third-order valence-electron chi connectivity index (χ3n) is 6.42. The maximum absolute atomic E-state index is 13.0. The first-order valence-electron chi connectivity index (χ1n) is 10.7. The Labute approximate surface area is 181 Å². The third kappa shape index (κ3) is 3.98. The SMILES string of the molecule is O=C(OCc1ccccc1)C1C2C=CC(C2)C1C(=O)OCc1ccc2ccccc2c1. The van der Waals surface area contributed by atoms with Gasteiger partial charge in [0.25, 0.3) is 0 Å². The van der Waals surface area contributed by atoms with Gasteiger partial charge in [-0.05, 0) is 46.2 Å². The molecule has 2 bridgehead atoms. The minimum Gasteiger partial charge on any atom is -0.461 e. The zero-order valence-electron chi connectivity index (χ0n) is 17.1. The highest BCUT2D eigenvalue weighted by atomic mass is 16.5. The van der Waals surface area contributed by atoms with Crippen molar-refractivity contribution >= 4 is 22.7 Å². The molecule has 0 spiro atoms. The maximum atomic E-state index is 13.0. The highest BCUT2D eigenvalue weighted by Gasteiger charge is 2.53. The van der Waals surface area contributed by atoms with E-state index in [-0.39, 0.29) is 37.0 Å². The first-order chi connectivity index (χ1) is 15.2. The fourth-order valence-corrected chi connectivity index (χ4v) is 4.87. The summed E-state index contributed by atoms with van der Waals surface area (Å²) in [5.41, 5.74) is 1.87. The molecule has 4 heteroatoms. The minimum atomic E-state index is -0.473. The summed E-state index contributed by atoms with van der Waals surface area (Å²) < 4.78 is 11.3. The van der Waals surface area contributed by atoms with E-state index in [1.165, 1.54) is 0 Å². The molecule has 0 amide bonds. The molecule has 0 saturated heterocycles. The standard InChI is InChI=1S/C27H24O4/c28-26(30-16-18-6-2-1-3-7-18)24-22-12-13-23(15-22)25(24)27(29)31-17-19-10-11-20-8-4-5-9-21(20)14-19/h1-14,22-25H,15-17H2. The van der Waals surface area contributed by atoms with Gasteiger partial charge in [-0.15, -0.1) is 0 Å². The molecule has 2 aliphatic rings. The second kappa shape index (κ2) is 8.38. The van der Waals surface area contributed by atoms with Gasteiger partial charge in [-0.2, -0.15) is 0 Å². The number of carbonyl (C=O) groups is 2. The fraction of sp³-hybridized carbons (Fsp3) is 0.259. The number of allylic oxidation sites excluding steroid dienone is 2. The van der Waals surface area contributed by atoms with Crippen LogP contribution >= 0.6 is 0 Å². The first-order valence-corrected chi connectivity index (χ1v) is 10.7. The molecule has 4 atom stereocenters. The zero-order valence-corrected chi connectivity index (χ0v) is 17.1. The van der Waals surface area contributed by atoms with Gasteiger partial charge in [-0.3, -0.25) is 9.59 Å². The van der Waals surface area contributed by atoms with Crippen molar-refractivity contribution in [2.24, 2.45) is 23.7 Å². The Kier molecular flexibility index (Phi) is 5.29. The molecule has 1 saturated carbocycles.